The Morgan fingerprint density at radius 1 is 0.857 bits per heavy atom. The normalized spacial score (nSPS) is 11.6. The van der Waals surface area contributed by atoms with Gasteiger partial charge in [0.2, 0.25) is 0 Å². The molecule has 0 aromatic heterocycles. The third kappa shape index (κ3) is 6.82. The molecule has 0 fully saturated rings. The van der Waals surface area contributed by atoms with Gasteiger partial charge < -0.3 is 19.9 Å². The molecule has 3 N–H and O–H groups in total. The van der Waals surface area contributed by atoms with E-state index in [1.807, 2.05) is 84.9 Å². The molecule has 0 saturated heterocycles. The SMILES string of the molecule is COc1ccc(C(NCNC(=O)OCCS(=O)(=O)CCO)(c2ccccc2)c2ccccc2)cc1. The molecule has 3 aromatic carbocycles. The lowest BCUT2D eigenvalue weighted by atomic mass is 9.77. The summed E-state index contributed by atoms with van der Waals surface area (Å²) in [6.07, 6.45) is -0.749. The van der Waals surface area contributed by atoms with Gasteiger partial charge in [0.25, 0.3) is 0 Å². The number of aliphatic hydroxyl groups is 1. The Bertz CT molecular complexity index is 1130. The lowest BCUT2D eigenvalue weighted by molar-refractivity contribution is 0.151. The van der Waals surface area contributed by atoms with Gasteiger partial charge in [-0.1, -0.05) is 72.8 Å². The summed E-state index contributed by atoms with van der Waals surface area (Å²) in [6.45, 7) is -0.724. The van der Waals surface area contributed by atoms with Gasteiger partial charge in [-0.25, -0.2) is 13.2 Å². The van der Waals surface area contributed by atoms with E-state index in [4.69, 9.17) is 14.6 Å². The summed E-state index contributed by atoms with van der Waals surface area (Å²) in [5, 5.41) is 14.9. The standard InChI is InChI=1S/C26H30N2O6S/c1-33-24-14-12-23(13-15-24)26(21-8-4-2-5-9-21,22-10-6-3-7-11-22)28-20-27-25(30)34-17-19-35(31,32)18-16-29/h2-15,28-29H,16-20H2,1H3,(H,27,30). The molecule has 186 valence electrons. The first-order chi connectivity index (χ1) is 16.9. The molecule has 3 rings (SSSR count). The summed E-state index contributed by atoms with van der Waals surface area (Å²) in [6, 6.07) is 27.4. The van der Waals surface area contributed by atoms with E-state index in [0.29, 0.717) is 0 Å². The molecule has 8 nitrogen and oxygen atoms in total. The van der Waals surface area contributed by atoms with Crippen LogP contribution in [0, 0.1) is 0 Å². The molecule has 0 saturated carbocycles. The van der Waals surface area contributed by atoms with E-state index in [2.05, 4.69) is 10.6 Å². The minimum atomic E-state index is -3.47. The molecule has 0 spiro atoms. The highest BCUT2D eigenvalue weighted by Crippen LogP contribution is 2.37. The van der Waals surface area contributed by atoms with E-state index < -0.39 is 28.1 Å². The molecule has 1 amide bonds. The number of amides is 1. The van der Waals surface area contributed by atoms with Crippen LogP contribution in [0.4, 0.5) is 4.79 Å². The van der Waals surface area contributed by atoms with Crippen LogP contribution in [0.5, 0.6) is 5.75 Å². The van der Waals surface area contributed by atoms with Gasteiger partial charge in [-0.2, -0.15) is 0 Å². The fraction of sp³-hybridized carbons (Fsp3) is 0.269. The van der Waals surface area contributed by atoms with E-state index in [9.17, 15) is 13.2 Å². The predicted octanol–water partition coefficient (Wildman–Crippen LogP) is 2.67. The highest BCUT2D eigenvalue weighted by atomic mass is 32.2. The third-order valence-corrected chi connectivity index (χ3v) is 7.15. The topological polar surface area (TPSA) is 114 Å². The lowest BCUT2D eigenvalue weighted by Crippen LogP contribution is -2.49. The fourth-order valence-corrected chi connectivity index (χ4v) is 4.65. The van der Waals surface area contributed by atoms with Gasteiger partial charge in [0.15, 0.2) is 9.84 Å². The first kappa shape index (κ1) is 26.2. The monoisotopic (exact) mass is 498 g/mol. The first-order valence-electron chi connectivity index (χ1n) is 11.1. The average molecular weight is 499 g/mol. The number of ether oxygens (including phenoxy) is 2. The molecule has 9 heteroatoms. The Kier molecular flexibility index (Phi) is 9.25. The van der Waals surface area contributed by atoms with E-state index in [-0.39, 0.29) is 24.8 Å². The van der Waals surface area contributed by atoms with Crippen LogP contribution in [0.3, 0.4) is 0 Å². The number of sulfone groups is 1. The fourth-order valence-electron chi connectivity index (χ4n) is 3.83. The number of aliphatic hydroxyl groups excluding tert-OH is 1. The van der Waals surface area contributed by atoms with E-state index >= 15 is 0 Å². The van der Waals surface area contributed by atoms with Gasteiger partial charge in [0.1, 0.15) is 12.4 Å². The second-order valence-corrected chi connectivity index (χ2v) is 10.1. The lowest BCUT2D eigenvalue weighted by Gasteiger charge is -2.37. The molecule has 35 heavy (non-hydrogen) atoms. The molecule has 0 atom stereocenters. The van der Waals surface area contributed by atoms with Crippen molar-refractivity contribution in [1.29, 1.82) is 0 Å². The molecule has 0 unspecified atom stereocenters. The van der Waals surface area contributed by atoms with Crippen LogP contribution in [-0.2, 0) is 20.1 Å². The van der Waals surface area contributed by atoms with Crippen molar-refractivity contribution in [2.75, 3.05) is 38.5 Å². The van der Waals surface area contributed by atoms with Crippen LogP contribution in [0.15, 0.2) is 84.9 Å². The number of benzene rings is 3. The number of hydrogen-bond donors (Lipinski definition) is 3. The summed E-state index contributed by atoms with van der Waals surface area (Å²) in [7, 11) is -1.86. The van der Waals surface area contributed by atoms with Gasteiger partial charge >= 0.3 is 6.09 Å². The van der Waals surface area contributed by atoms with Gasteiger partial charge in [0.05, 0.1) is 37.4 Å². The van der Waals surface area contributed by atoms with Crippen molar-refractivity contribution in [2.45, 2.75) is 5.54 Å². The van der Waals surface area contributed by atoms with E-state index in [1.165, 1.54) is 0 Å². The Morgan fingerprint density at radius 3 is 1.91 bits per heavy atom. The summed E-state index contributed by atoms with van der Waals surface area (Å²) in [4.78, 5) is 12.2. The second kappa shape index (κ2) is 12.3. The van der Waals surface area contributed by atoms with Crippen LogP contribution >= 0.6 is 0 Å². The second-order valence-electron chi connectivity index (χ2n) is 7.75. The van der Waals surface area contributed by atoms with Crippen LogP contribution in [0.1, 0.15) is 16.7 Å². The molecular weight excluding hydrogens is 468 g/mol. The van der Waals surface area contributed by atoms with Crippen molar-refractivity contribution < 1.29 is 27.8 Å². The van der Waals surface area contributed by atoms with Crippen molar-refractivity contribution in [3.8, 4) is 5.75 Å². The van der Waals surface area contributed by atoms with Crippen molar-refractivity contribution >= 4 is 15.9 Å². The van der Waals surface area contributed by atoms with Crippen LogP contribution in [-0.4, -0.2) is 58.1 Å². The highest BCUT2D eigenvalue weighted by molar-refractivity contribution is 7.91. The third-order valence-electron chi connectivity index (χ3n) is 5.55. The van der Waals surface area contributed by atoms with Gasteiger partial charge in [-0.15, -0.1) is 0 Å². The molecule has 0 bridgehead atoms. The number of alkyl carbamates (subject to hydrolysis) is 1. The molecule has 0 aliphatic rings. The largest absolute Gasteiger partial charge is 0.497 e. The van der Waals surface area contributed by atoms with Crippen molar-refractivity contribution in [3.63, 3.8) is 0 Å². The van der Waals surface area contributed by atoms with E-state index in [1.54, 1.807) is 7.11 Å². The zero-order chi connectivity index (χ0) is 25.2. The number of carbonyl (C=O) groups is 1. The minimum Gasteiger partial charge on any atom is -0.497 e. The minimum absolute atomic E-state index is 0.0397. The predicted molar refractivity (Wildman–Crippen MR) is 134 cm³/mol. The molecule has 0 aliphatic carbocycles. The van der Waals surface area contributed by atoms with Crippen molar-refractivity contribution in [1.82, 2.24) is 10.6 Å². The number of methoxy groups -OCH3 is 1. The quantitative estimate of drug-likeness (QED) is 0.260. The van der Waals surface area contributed by atoms with E-state index in [0.717, 1.165) is 22.4 Å². The van der Waals surface area contributed by atoms with Crippen molar-refractivity contribution in [3.05, 3.63) is 102 Å². The number of carbonyl (C=O) groups excluding carboxylic acids is 1. The first-order valence-corrected chi connectivity index (χ1v) is 13.0. The molecule has 0 heterocycles. The zero-order valence-electron chi connectivity index (χ0n) is 19.5. The maximum absolute atomic E-state index is 12.2. The van der Waals surface area contributed by atoms with Gasteiger partial charge in [-0.3, -0.25) is 5.32 Å². The van der Waals surface area contributed by atoms with Crippen LogP contribution in [0.2, 0.25) is 0 Å². The Balaban J connectivity index is 1.84. The van der Waals surface area contributed by atoms with Crippen LogP contribution in [0.25, 0.3) is 0 Å². The van der Waals surface area contributed by atoms with Crippen molar-refractivity contribution in [2.24, 2.45) is 0 Å². The molecule has 0 radical (unpaired) electrons. The summed E-state index contributed by atoms with van der Waals surface area (Å²) in [5.74, 6) is 0.0117. The Morgan fingerprint density at radius 2 is 1.40 bits per heavy atom. The summed E-state index contributed by atoms with van der Waals surface area (Å²) >= 11 is 0. The summed E-state index contributed by atoms with van der Waals surface area (Å²) < 4.78 is 33.7. The number of hydrogen-bond acceptors (Lipinski definition) is 7. The Labute approximate surface area is 205 Å². The zero-order valence-corrected chi connectivity index (χ0v) is 20.3. The maximum atomic E-state index is 12.2. The van der Waals surface area contributed by atoms with Gasteiger partial charge in [0, 0.05) is 0 Å². The molecular formula is C26H30N2O6S. The number of nitrogens with one attached hydrogen (secondary N) is 2. The highest BCUT2D eigenvalue weighted by Gasteiger charge is 2.36. The molecule has 0 aliphatic heterocycles. The molecule has 3 aromatic rings. The Hall–Kier alpha value is -3.40. The van der Waals surface area contributed by atoms with Crippen LogP contribution < -0.4 is 15.4 Å². The maximum Gasteiger partial charge on any atom is 0.408 e. The summed E-state index contributed by atoms with van der Waals surface area (Å²) in [5.41, 5.74) is 2.04. The van der Waals surface area contributed by atoms with Gasteiger partial charge in [-0.05, 0) is 28.8 Å². The smallest absolute Gasteiger partial charge is 0.408 e. The average Bonchev–Trinajstić information content (AvgIpc) is 2.88. The number of rotatable bonds is 12.